The Kier molecular flexibility index (Phi) is 7.75. The van der Waals surface area contributed by atoms with Gasteiger partial charge in [0.05, 0.1) is 18.7 Å². The number of benzene rings is 1. The fourth-order valence-corrected chi connectivity index (χ4v) is 4.92. The molecule has 0 bridgehead atoms. The molecule has 0 saturated heterocycles. The number of anilines is 1. The number of carbonyl (C=O) groups is 2. The summed E-state index contributed by atoms with van der Waals surface area (Å²) < 4.78 is 11.0. The van der Waals surface area contributed by atoms with Gasteiger partial charge in [-0.15, -0.1) is 11.3 Å². The molecule has 178 valence electrons. The fourth-order valence-electron chi connectivity index (χ4n) is 3.71. The molecular formula is C26H24N4O4S. The molecule has 1 aliphatic heterocycles. The molecule has 2 amide bonds. The minimum Gasteiger partial charge on any atom is -0.493 e. The van der Waals surface area contributed by atoms with Gasteiger partial charge in [-0.3, -0.25) is 9.78 Å². The highest BCUT2D eigenvalue weighted by Gasteiger charge is 2.28. The van der Waals surface area contributed by atoms with E-state index in [9.17, 15) is 14.9 Å². The number of rotatable bonds is 7. The van der Waals surface area contributed by atoms with Gasteiger partial charge >= 0.3 is 6.09 Å². The molecule has 0 saturated carbocycles. The zero-order valence-electron chi connectivity index (χ0n) is 19.2. The van der Waals surface area contributed by atoms with Crippen molar-refractivity contribution >= 4 is 34.4 Å². The van der Waals surface area contributed by atoms with Gasteiger partial charge < -0.3 is 19.7 Å². The number of ether oxygens (including phenoxy) is 2. The number of thiophene rings is 1. The van der Waals surface area contributed by atoms with E-state index in [4.69, 9.17) is 9.47 Å². The Labute approximate surface area is 207 Å². The number of carbonyl (C=O) groups excluding carboxylic acids is 2. The van der Waals surface area contributed by atoms with Crippen molar-refractivity contribution < 1.29 is 19.1 Å². The van der Waals surface area contributed by atoms with Crippen LogP contribution in [0.4, 0.5) is 9.80 Å². The molecule has 0 atom stereocenters. The molecule has 9 heteroatoms. The first-order chi connectivity index (χ1) is 17.1. The van der Waals surface area contributed by atoms with Crippen molar-refractivity contribution in [2.24, 2.45) is 0 Å². The van der Waals surface area contributed by atoms with Crippen molar-refractivity contribution in [2.75, 3.05) is 18.5 Å². The average Bonchev–Trinajstić information content (AvgIpc) is 3.23. The molecule has 0 aliphatic carbocycles. The predicted octanol–water partition coefficient (Wildman–Crippen LogP) is 4.76. The monoisotopic (exact) mass is 488 g/mol. The van der Waals surface area contributed by atoms with Crippen molar-refractivity contribution in [1.82, 2.24) is 9.88 Å². The maximum absolute atomic E-state index is 12.6. The zero-order valence-corrected chi connectivity index (χ0v) is 20.0. The lowest BCUT2D eigenvalue weighted by Crippen LogP contribution is -2.35. The van der Waals surface area contributed by atoms with E-state index < -0.39 is 6.09 Å². The lowest BCUT2D eigenvalue weighted by Gasteiger charge is -2.26. The molecule has 4 rings (SSSR count). The van der Waals surface area contributed by atoms with Crippen molar-refractivity contribution in [2.45, 2.75) is 26.5 Å². The summed E-state index contributed by atoms with van der Waals surface area (Å²) in [6, 6.07) is 13.2. The van der Waals surface area contributed by atoms with Gasteiger partial charge in [0.25, 0.3) is 0 Å². The second-order valence-corrected chi connectivity index (χ2v) is 8.80. The summed E-state index contributed by atoms with van der Waals surface area (Å²) >= 11 is 1.31. The average molecular weight is 489 g/mol. The molecule has 0 radical (unpaired) electrons. The molecule has 3 aromatic rings. The van der Waals surface area contributed by atoms with Crippen LogP contribution in [-0.4, -0.2) is 35.0 Å². The Morgan fingerprint density at radius 3 is 2.83 bits per heavy atom. The molecule has 1 aromatic carbocycles. The predicted molar refractivity (Wildman–Crippen MR) is 133 cm³/mol. The summed E-state index contributed by atoms with van der Waals surface area (Å²) in [6.07, 6.45) is 6.50. The van der Waals surface area contributed by atoms with Crippen LogP contribution in [0.2, 0.25) is 0 Å². The van der Waals surface area contributed by atoms with E-state index in [2.05, 4.69) is 16.4 Å². The van der Waals surface area contributed by atoms with Gasteiger partial charge in [0.2, 0.25) is 5.91 Å². The molecule has 35 heavy (non-hydrogen) atoms. The Bertz CT molecular complexity index is 1280. The lowest BCUT2D eigenvalue weighted by atomic mass is 10.0. The SMILES string of the molecule is CCOc1ccccc1C=CC(=O)Nc1sc2c(c1C#N)CCN(C(=O)OCc1ccncc1)C2. The Morgan fingerprint density at radius 2 is 2.06 bits per heavy atom. The summed E-state index contributed by atoms with van der Waals surface area (Å²) in [7, 11) is 0. The molecule has 0 spiro atoms. The molecule has 2 aromatic heterocycles. The summed E-state index contributed by atoms with van der Waals surface area (Å²) in [6.45, 7) is 3.36. The van der Waals surface area contributed by atoms with Crippen molar-refractivity contribution in [3.63, 3.8) is 0 Å². The van der Waals surface area contributed by atoms with Crippen LogP contribution in [0.25, 0.3) is 6.08 Å². The maximum Gasteiger partial charge on any atom is 0.410 e. The highest BCUT2D eigenvalue weighted by Crippen LogP contribution is 2.37. The molecule has 8 nitrogen and oxygen atoms in total. The molecule has 3 heterocycles. The van der Waals surface area contributed by atoms with E-state index in [1.165, 1.54) is 17.4 Å². The standard InChI is InChI=1S/C26H24N4O4S/c1-2-33-22-6-4-3-5-19(22)7-8-24(31)29-25-21(15-27)20-11-14-30(16-23(20)35-25)26(32)34-17-18-9-12-28-13-10-18/h3-10,12-13H,2,11,14,16-17H2,1H3,(H,29,31). The van der Waals surface area contributed by atoms with Crippen molar-refractivity contribution in [3.05, 3.63) is 82.0 Å². The van der Waals surface area contributed by atoms with Gasteiger partial charge in [-0.25, -0.2) is 4.79 Å². The van der Waals surface area contributed by atoms with E-state index in [1.807, 2.05) is 31.2 Å². The van der Waals surface area contributed by atoms with Crippen LogP contribution in [0.3, 0.4) is 0 Å². The number of hydrogen-bond donors (Lipinski definition) is 1. The summed E-state index contributed by atoms with van der Waals surface area (Å²) in [5.41, 5.74) is 2.97. The second-order valence-electron chi connectivity index (χ2n) is 7.69. The van der Waals surface area contributed by atoms with Crippen LogP contribution in [0.5, 0.6) is 5.75 Å². The van der Waals surface area contributed by atoms with Crippen molar-refractivity contribution in [1.29, 1.82) is 5.26 Å². The number of hydrogen-bond acceptors (Lipinski definition) is 7. The van der Waals surface area contributed by atoms with E-state index in [1.54, 1.807) is 35.5 Å². The molecule has 0 unspecified atom stereocenters. The van der Waals surface area contributed by atoms with E-state index in [0.717, 1.165) is 21.6 Å². The van der Waals surface area contributed by atoms with E-state index >= 15 is 0 Å². The number of pyridine rings is 1. The minimum absolute atomic E-state index is 0.165. The van der Waals surface area contributed by atoms with E-state index in [0.29, 0.717) is 42.4 Å². The second kappa shape index (κ2) is 11.3. The first kappa shape index (κ1) is 24.0. The van der Waals surface area contributed by atoms with E-state index in [-0.39, 0.29) is 12.5 Å². The highest BCUT2D eigenvalue weighted by molar-refractivity contribution is 7.16. The van der Waals surface area contributed by atoms with Crippen LogP contribution in [0, 0.1) is 11.3 Å². The Hall–Kier alpha value is -4.16. The maximum atomic E-state index is 12.6. The third kappa shape index (κ3) is 5.86. The summed E-state index contributed by atoms with van der Waals surface area (Å²) in [5.74, 6) is 0.347. The normalized spacial score (nSPS) is 12.6. The summed E-state index contributed by atoms with van der Waals surface area (Å²) in [5, 5.41) is 13.0. The summed E-state index contributed by atoms with van der Waals surface area (Å²) in [4.78, 5) is 31.6. The van der Waals surface area contributed by atoms with Crippen molar-refractivity contribution in [3.8, 4) is 11.8 Å². The third-order valence-electron chi connectivity index (χ3n) is 5.41. The van der Waals surface area contributed by atoms with Gasteiger partial charge in [0.15, 0.2) is 0 Å². The quantitative estimate of drug-likeness (QED) is 0.481. The lowest BCUT2D eigenvalue weighted by molar-refractivity contribution is -0.111. The molecule has 1 N–H and O–H groups in total. The Balaban J connectivity index is 1.41. The number of fused-ring (bicyclic) bond motifs is 1. The highest BCUT2D eigenvalue weighted by atomic mass is 32.1. The van der Waals surface area contributed by atoms with Crippen LogP contribution < -0.4 is 10.1 Å². The number of nitriles is 1. The number of para-hydroxylation sites is 1. The van der Waals surface area contributed by atoms with Gasteiger partial charge in [0, 0.05) is 35.5 Å². The largest absolute Gasteiger partial charge is 0.493 e. The van der Waals surface area contributed by atoms with Crippen LogP contribution in [0.1, 0.15) is 34.1 Å². The smallest absolute Gasteiger partial charge is 0.410 e. The zero-order chi connectivity index (χ0) is 24.6. The van der Waals surface area contributed by atoms with Crippen LogP contribution in [-0.2, 0) is 29.1 Å². The van der Waals surface area contributed by atoms with Crippen LogP contribution >= 0.6 is 11.3 Å². The number of nitrogens with one attached hydrogen (secondary N) is 1. The molecular weight excluding hydrogens is 464 g/mol. The van der Waals surface area contributed by atoms with Gasteiger partial charge in [-0.05, 0) is 48.7 Å². The molecule has 0 fully saturated rings. The van der Waals surface area contributed by atoms with Gasteiger partial charge in [-0.1, -0.05) is 18.2 Å². The number of amides is 2. The van der Waals surface area contributed by atoms with Crippen LogP contribution in [0.15, 0.2) is 54.9 Å². The third-order valence-corrected chi connectivity index (χ3v) is 6.54. The Morgan fingerprint density at radius 1 is 1.26 bits per heavy atom. The molecule has 1 aliphatic rings. The first-order valence-corrected chi connectivity index (χ1v) is 12.0. The fraction of sp³-hybridized carbons (Fsp3) is 0.231. The number of nitrogens with zero attached hydrogens (tertiary/aromatic N) is 3. The topological polar surface area (TPSA) is 105 Å². The first-order valence-electron chi connectivity index (χ1n) is 11.1. The van der Waals surface area contributed by atoms with Gasteiger partial charge in [0.1, 0.15) is 23.4 Å². The number of aromatic nitrogens is 1. The van der Waals surface area contributed by atoms with Gasteiger partial charge in [-0.2, -0.15) is 5.26 Å². The minimum atomic E-state index is -0.416.